The Morgan fingerprint density at radius 1 is 0.900 bits per heavy atom. The number of hydrogen-bond acceptors (Lipinski definition) is 2. The molecule has 0 aliphatic heterocycles. The highest BCUT2D eigenvalue weighted by Crippen LogP contribution is 2.43. The molecule has 0 aromatic rings. The molecule has 10 heavy (non-hydrogen) atoms. The molecule has 0 amide bonds. The van der Waals surface area contributed by atoms with Crippen LogP contribution in [-0.2, 0) is 0 Å². The lowest BCUT2D eigenvalue weighted by molar-refractivity contribution is -0.180. The van der Waals surface area contributed by atoms with Crippen molar-refractivity contribution in [3.05, 3.63) is 0 Å². The maximum Gasteiger partial charge on any atom is 0.162 e. The van der Waals surface area contributed by atoms with Gasteiger partial charge in [0.1, 0.15) is 0 Å². The first kappa shape index (κ1) is 8.97. The molecule has 0 saturated heterocycles. The van der Waals surface area contributed by atoms with Crippen molar-refractivity contribution in [1.82, 2.24) is 0 Å². The molecule has 0 spiro atoms. The minimum atomic E-state index is -1.43. The lowest BCUT2D eigenvalue weighted by Crippen LogP contribution is -2.36. The topological polar surface area (TPSA) is 40.5 Å². The van der Waals surface area contributed by atoms with Gasteiger partial charge in [0.05, 0.1) is 3.23 Å². The highest BCUT2D eigenvalue weighted by Gasteiger charge is 2.37. The predicted molar refractivity (Wildman–Crippen MR) is 46.2 cm³/mol. The zero-order valence-corrected chi connectivity index (χ0v) is 8.65. The Morgan fingerprint density at radius 2 is 1.30 bits per heavy atom. The van der Waals surface area contributed by atoms with E-state index in [0.29, 0.717) is 12.8 Å². The standard InChI is InChI=1S/C6H10Br2O2/c7-5(8)1-3-6(9,10)4-2-5/h9-10H,1-4H2. The van der Waals surface area contributed by atoms with Gasteiger partial charge in [-0.15, -0.1) is 0 Å². The predicted octanol–water partition coefficient (Wildman–Crippen LogP) is 1.73. The van der Waals surface area contributed by atoms with Crippen LogP contribution in [-0.4, -0.2) is 19.2 Å². The molecular formula is C6H10Br2O2. The third kappa shape index (κ3) is 2.49. The first-order valence-electron chi connectivity index (χ1n) is 3.24. The average molecular weight is 274 g/mol. The average Bonchev–Trinajstić information content (AvgIpc) is 1.79. The molecule has 0 atom stereocenters. The summed E-state index contributed by atoms with van der Waals surface area (Å²) in [5, 5.41) is 18.2. The van der Waals surface area contributed by atoms with Crippen LogP contribution in [0.4, 0.5) is 0 Å². The summed E-state index contributed by atoms with van der Waals surface area (Å²) in [4.78, 5) is 0. The highest BCUT2D eigenvalue weighted by atomic mass is 79.9. The summed E-state index contributed by atoms with van der Waals surface area (Å²) in [6.07, 6.45) is 2.37. The van der Waals surface area contributed by atoms with Crippen LogP contribution in [0, 0.1) is 0 Å². The van der Waals surface area contributed by atoms with Gasteiger partial charge in [0.25, 0.3) is 0 Å². The van der Waals surface area contributed by atoms with Gasteiger partial charge in [-0.05, 0) is 12.8 Å². The van der Waals surface area contributed by atoms with E-state index in [2.05, 4.69) is 31.9 Å². The van der Waals surface area contributed by atoms with Crippen molar-refractivity contribution in [3.63, 3.8) is 0 Å². The molecule has 0 radical (unpaired) electrons. The van der Waals surface area contributed by atoms with Crippen LogP contribution in [0.25, 0.3) is 0 Å². The first-order chi connectivity index (χ1) is 4.41. The Morgan fingerprint density at radius 3 is 1.60 bits per heavy atom. The van der Waals surface area contributed by atoms with Crippen molar-refractivity contribution in [2.24, 2.45) is 0 Å². The number of halogens is 2. The zero-order chi connectivity index (χ0) is 7.83. The maximum atomic E-state index is 9.12. The van der Waals surface area contributed by atoms with Crippen molar-refractivity contribution in [1.29, 1.82) is 0 Å². The normalized spacial score (nSPS) is 30.0. The van der Waals surface area contributed by atoms with Crippen molar-refractivity contribution < 1.29 is 10.2 Å². The van der Waals surface area contributed by atoms with Crippen molar-refractivity contribution in [3.8, 4) is 0 Å². The fourth-order valence-corrected chi connectivity index (χ4v) is 1.81. The molecule has 2 nitrogen and oxygen atoms in total. The molecule has 0 aromatic heterocycles. The van der Waals surface area contributed by atoms with Crippen LogP contribution in [0.5, 0.6) is 0 Å². The molecule has 2 N–H and O–H groups in total. The summed E-state index contributed by atoms with van der Waals surface area (Å²) in [6.45, 7) is 0. The Labute approximate surface area is 76.9 Å². The lowest BCUT2D eigenvalue weighted by atomic mass is 9.94. The molecule has 0 aromatic carbocycles. The summed E-state index contributed by atoms with van der Waals surface area (Å²) in [7, 11) is 0. The van der Waals surface area contributed by atoms with E-state index < -0.39 is 5.79 Å². The second kappa shape index (κ2) is 2.73. The van der Waals surface area contributed by atoms with Crippen molar-refractivity contribution >= 4 is 31.9 Å². The van der Waals surface area contributed by atoms with Gasteiger partial charge >= 0.3 is 0 Å². The van der Waals surface area contributed by atoms with E-state index in [4.69, 9.17) is 10.2 Å². The fourth-order valence-electron chi connectivity index (χ4n) is 1.02. The number of rotatable bonds is 0. The summed E-state index contributed by atoms with van der Waals surface area (Å²) in [6, 6.07) is 0. The van der Waals surface area contributed by atoms with Crippen molar-refractivity contribution in [2.45, 2.75) is 34.7 Å². The van der Waals surface area contributed by atoms with Crippen LogP contribution < -0.4 is 0 Å². The van der Waals surface area contributed by atoms with Gasteiger partial charge < -0.3 is 10.2 Å². The van der Waals surface area contributed by atoms with Gasteiger partial charge in [-0.25, -0.2) is 0 Å². The van der Waals surface area contributed by atoms with Gasteiger partial charge in [0.2, 0.25) is 0 Å². The summed E-state index contributed by atoms with van der Waals surface area (Å²) in [5.74, 6) is -1.43. The Hall–Kier alpha value is 0.880. The molecule has 1 saturated carbocycles. The Balaban J connectivity index is 2.46. The van der Waals surface area contributed by atoms with Crippen LogP contribution in [0.1, 0.15) is 25.7 Å². The maximum absolute atomic E-state index is 9.12. The molecule has 4 heteroatoms. The summed E-state index contributed by atoms with van der Waals surface area (Å²) >= 11 is 6.88. The number of hydrogen-bond donors (Lipinski definition) is 2. The first-order valence-corrected chi connectivity index (χ1v) is 4.83. The molecule has 0 bridgehead atoms. The van der Waals surface area contributed by atoms with E-state index in [-0.39, 0.29) is 3.23 Å². The van der Waals surface area contributed by atoms with Gasteiger partial charge in [0.15, 0.2) is 5.79 Å². The van der Waals surface area contributed by atoms with Crippen LogP contribution in [0.3, 0.4) is 0 Å². The van der Waals surface area contributed by atoms with E-state index in [1.54, 1.807) is 0 Å². The van der Waals surface area contributed by atoms with Crippen LogP contribution >= 0.6 is 31.9 Å². The molecule has 1 aliphatic rings. The van der Waals surface area contributed by atoms with Crippen LogP contribution in [0.2, 0.25) is 0 Å². The summed E-state index contributed by atoms with van der Waals surface area (Å²) < 4.78 is -0.0606. The minimum Gasteiger partial charge on any atom is -0.366 e. The van der Waals surface area contributed by atoms with E-state index in [0.717, 1.165) is 12.8 Å². The quantitative estimate of drug-likeness (QED) is 0.521. The molecule has 1 rings (SSSR count). The molecule has 0 heterocycles. The third-order valence-electron chi connectivity index (χ3n) is 1.78. The molecular weight excluding hydrogens is 264 g/mol. The van der Waals surface area contributed by atoms with Crippen molar-refractivity contribution in [2.75, 3.05) is 0 Å². The number of aliphatic hydroxyl groups is 2. The highest BCUT2D eigenvalue weighted by molar-refractivity contribution is 9.25. The molecule has 0 unspecified atom stereocenters. The lowest BCUT2D eigenvalue weighted by Gasteiger charge is -2.33. The van der Waals surface area contributed by atoms with E-state index in [1.165, 1.54) is 0 Å². The van der Waals surface area contributed by atoms with E-state index in [1.807, 2.05) is 0 Å². The third-order valence-corrected chi connectivity index (χ3v) is 3.37. The monoisotopic (exact) mass is 272 g/mol. The number of alkyl halides is 2. The van der Waals surface area contributed by atoms with E-state index in [9.17, 15) is 0 Å². The second-order valence-corrected chi connectivity index (χ2v) is 6.94. The second-order valence-electron chi connectivity index (χ2n) is 2.84. The largest absolute Gasteiger partial charge is 0.366 e. The van der Waals surface area contributed by atoms with Gasteiger partial charge in [-0.1, -0.05) is 31.9 Å². The van der Waals surface area contributed by atoms with Crippen LogP contribution in [0.15, 0.2) is 0 Å². The van der Waals surface area contributed by atoms with Gasteiger partial charge in [0, 0.05) is 12.8 Å². The fraction of sp³-hybridized carbons (Fsp3) is 1.00. The Bertz CT molecular complexity index is 106. The van der Waals surface area contributed by atoms with Gasteiger partial charge in [-0.3, -0.25) is 0 Å². The van der Waals surface area contributed by atoms with E-state index >= 15 is 0 Å². The SMILES string of the molecule is OC1(O)CCC(Br)(Br)CC1. The molecule has 1 aliphatic carbocycles. The molecule has 1 fully saturated rings. The van der Waals surface area contributed by atoms with Gasteiger partial charge in [-0.2, -0.15) is 0 Å². The smallest absolute Gasteiger partial charge is 0.162 e. The summed E-state index contributed by atoms with van der Waals surface area (Å²) in [5.41, 5.74) is 0. The minimum absolute atomic E-state index is 0.0606. The Kier molecular flexibility index (Phi) is 2.45. The molecule has 60 valence electrons. The zero-order valence-electron chi connectivity index (χ0n) is 5.48.